The highest BCUT2D eigenvalue weighted by Gasteiger charge is 2.22. The number of hydrogen-bond acceptors (Lipinski definition) is 4. The van der Waals surface area contributed by atoms with Crippen LogP contribution in [0.5, 0.6) is 0 Å². The van der Waals surface area contributed by atoms with Crippen LogP contribution >= 0.6 is 0 Å². The molecule has 0 unspecified atom stereocenters. The van der Waals surface area contributed by atoms with E-state index < -0.39 is 0 Å². The van der Waals surface area contributed by atoms with Crippen molar-refractivity contribution >= 4 is 5.82 Å². The highest BCUT2D eigenvalue weighted by atomic mass is 15.2. The van der Waals surface area contributed by atoms with Crippen molar-refractivity contribution in [1.29, 1.82) is 0 Å². The number of hydrogen-bond donors (Lipinski definition) is 1. The van der Waals surface area contributed by atoms with Crippen LogP contribution in [0.2, 0.25) is 0 Å². The van der Waals surface area contributed by atoms with Gasteiger partial charge in [-0.15, -0.1) is 6.58 Å². The predicted molar refractivity (Wildman–Crippen MR) is 94.4 cm³/mol. The molecule has 1 atom stereocenters. The number of benzene rings is 1. The standard InChI is InChI=1S/C19H24N4/c1-3-6-17-11-21-19(12-20-17)22-18-9-10-23(14-18)13-16-8-5-4-7-15(16)2/h3-5,7-8,11-12,18H,1,6,9-10,13-14H2,2H3,(H,21,22)/t18-/m1/s1. The molecule has 4 nitrogen and oxygen atoms in total. The Bertz CT molecular complexity index is 651. The minimum absolute atomic E-state index is 0.443. The molecule has 3 rings (SSSR count). The van der Waals surface area contributed by atoms with Crippen molar-refractivity contribution in [2.75, 3.05) is 18.4 Å². The second-order valence-corrected chi connectivity index (χ2v) is 6.18. The third-order valence-electron chi connectivity index (χ3n) is 4.34. The highest BCUT2D eigenvalue weighted by molar-refractivity contribution is 5.33. The second-order valence-electron chi connectivity index (χ2n) is 6.18. The topological polar surface area (TPSA) is 41.1 Å². The molecule has 1 aromatic carbocycles. The molecule has 0 bridgehead atoms. The lowest BCUT2D eigenvalue weighted by Crippen LogP contribution is -2.26. The van der Waals surface area contributed by atoms with Crippen LogP contribution in [0.3, 0.4) is 0 Å². The zero-order valence-electron chi connectivity index (χ0n) is 13.7. The first kappa shape index (κ1) is 15.7. The average Bonchev–Trinajstić information content (AvgIpc) is 2.99. The van der Waals surface area contributed by atoms with Gasteiger partial charge in [-0.2, -0.15) is 0 Å². The number of aromatic nitrogens is 2. The van der Waals surface area contributed by atoms with Crippen LogP contribution in [0.4, 0.5) is 5.82 Å². The molecule has 23 heavy (non-hydrogen) atoms. The van der Waals surface area contributed by atoms with Gasteiger partial charge in [0.1, 0.15) is 5.82 Å². The molecule has 0 spiro atoms. The lowest BCUT2D eigenvalue weighted by atomic mass is 10.1. The normalized spacial score (nSPS) is 18.0. The van der Waals surface area contributed by atoms with Crippen molar-refractivity contribution in [3.63, 3.8) is 0 Å². The number of nitrogens with one attached hydrogen (secondary N) is 1. The van der Waals surface area contributed by atoms with E-state index in [-0.39, 0.29) is 0 Å². The number of aryl methyl sites for hydroxylation is 1. The van der Waals surface area contributed by atoms with E-state index in [1.165, 1.54) is 11.1 Å². The number of nitrogens with zero attached hydrogens (tertiary/aromatic N) is 3. The van der Waals surface area contributed by atoms with E-state index in [9.17, 15) is 0 Å². The minimum Gasteiger partial charge on any atom is -0.365 e. The van der Waals surface area contributed by atoms with E-state index in [4.69, 9.17) is 0 Å². The van der Waals surface area contributed by atoms with Crippen LogP contribution in [-0.2, 0) is 13.0 Å². The van der Waals surface area contributed by atoms with Crippen LogP contribution in [0.15, 0.2) is 49.3 Å². The summed E-state index contributed by atoms with van der Waals surface area (Å²) in [6, 6.07) is 9.07. The monoisotopic (exact) mass is 308 g/mol. The molecule has 2 aromatic rings. The van der Waals surface area contributed by atoms with E-state index in [1.807, 2.05) is 18.5 Å². The number of likely N-dealkylation sites (tertiary alicyclic amines) is 1. The minimum atomic E-state index is 0.443. The molecule has 0 saturated carbocycles. The Hall–Kier alpha value is -2.20. The summed E-state index contributed by atoms with van der Waals surface area (Å²) in [6.45, 7) is 9.09. The maximum Gasteiger partial charge on any atom is 0.144 e. The molecule has 1 aliphatic rings. The summed E-state index contributed by atoms with van der Waals surface area (Å²) in [5.74, 6) is 0.862. The first-order valence-electron chi connectivity index (χ1n) is 8.20. The highest BCUT2D eigenvalue weighted by Crippen LogP contribution is 2.18. The molecule has 1 fully saturated rings. The second kappa shape index (κ2) is 7.38. The van der Waals surface area contributed by atoms with Gasteiger partial charge in [-0.1, -0.05) is 30.3 Å². The van der Waals surface area contributed by atoms with E-state index >= 15 is 0 Å². The molecule has 0 radical (unpaired) electrons. The summed E-state index contributed by atoms with van der Waals surface area (Å²) in [7, 11) is 0. The van der Waals surface area contributed by atoms with Gasteiger partial charge in [0.05, 0.1) is 18.1 Å². The van der Waals surface area contributed by atoms with Gasteiger partial charge >= 0.3 is 0 Å². The Morgan fingerprint density at radius 3 is 2.91 bits per heavy atom. The maximum absolute atomic E-state index is 4.44. The Morgan fingerprint density at radius 2 is 2.17 bits per heavy atom. The fourth-order valence-electron chi connectivity index (χ4n) is 3.01. The van der Waals surface area contributed by atoms with E-state index in [2.05, 4.69) is 58.0 Å². The zero-order valence-corrected chi connectivity index (χ0v) is 13.7. The van der Waals surface area contributed by atoms with Crippen LogP contribution in [0.1, 0.15) is 23.2 Å². The van der Waals surface area contributed by atoms with Gasteiger partial charge in [0.15, 0.2) is 0 Å². The molecule has 1 N–H and O–H groups in total. The van der Waals surface area contributed by atoms with Crippen molar-refractivity contribution in [1.82, 2.24) is 14.9 Å². The van der Waals surface area contributed by atoms with Gasteiger partial charge in [0.25, 0.3) is 0 Å². The smallest absolute Gasteiger partial charge is 0.144 e. The molecule has 1 aromatic heterocycles. The van der Waals surface area contributed by atoms with Gasteiger partial charge in [-0.3, -0.25) is 9.88 Å². The molecule has 1 aliphatic heterocycles. The van der Waals surface area contributed by atoms with Crippen molar-refractivity contribution in [2.45, 2.75) is 32.4 Å². The Labute approximate surface area is 138 Å². The maximum atomic E-state index is 4.44. The van der Waals surface area contributed by atoms with Crippen molar-refractivity contribution < 1.29 is 0 Å². The van der Waals surface area contributed by atoms with Crippen molar-refractivity contribution in [3.05, 3.63) is 66.1 Å². The quantitative estimate of drug-likeness (QED) is 0.832. The van der Waals surface area contributed by atoms with Crippen molar-refractivity contribution in [3.8, 4) is 0 Å². The molecule has 0 amide bonds. The number of allylic oxidation sites excluding steroid dienone is 1. The molecule has 2 heterocycles. The average molecular weight is 308 g/mol. The number of anilines is 1. The third kappa shape index (κ3) is 4.17. The van der Waals surface area contributed by atoms with Gasteiger partial charge in [-0.05, 0) is 24.5 Å². The van der Waals surface area contributed by atoms with E-state index in [0.717, 1.165) is 44.0 Å². The zero-order chi connectivity index (χ0) is 16.1. The lowest BCUT2D eigenvalue weighted by Gasteiger charge is -2.18. The summed E-state index contributed by atoms with van der Waals surface area (Å²) in [6.07, 6.45) is 7.40. The molecular formula is C19H24N4. The van der Waals surface area contributed by atoms with Crippen LogP contribution < -0.4 is 5.32 Å². The van der Waals surface area contributed by atoms with Gasteiger partial charge < -0.3 is 5.32 Å². The van der Waals surface area contributed by atoms with E-state index in [0.29, 0.717) is 6.04 Å². The first-order valence-corrected chi connectivity index (χ1v) is 8.20. The van der Waals surface area contributed by atoms with Gasteiger partial charge in [0.2, 0.25) is 0 Å². The van der Waals surface area contributed by atoms with Crippen molar-refractivity contribution in [2.24, 2.45) is 0 Å². The fraction of sp³-hybridized carbons (Fsp3) is 0.368. The fourth-order valence-corrected chi connectivity index (χ4v) is 3.01. The van der Waals surface area contributed by atoms with Gasteiger partial charge in [-0.25, -0.2) is 4.98 Å². The third-order valence-corrected chi connectivity index (χ3v) is 4.34. The Morgan fingerprint density at radius 1 is 1.30 bits per heavy atom. The van der Waals surface area contributed by atoms with Crippen LogP contribution in [-0.4, -0.2) is 34.0 Å². The summed E-state index contributed by atoms with van der Waals surface area (Å²) < 4.78 is 0. The summed E-state index contributed by atoms with van der Waals surface area (Å²) in [5, 5.41) is 3.50. The molecule has 120 valence electrons. The Balaban J connectivity index is 1.53. The van der Waals surface area contributed by atoms with E-state index in [1.54, 1.807) is 0 Å². The predicted octanol–water partition coefficient (Wildman–Crippen LogP) is 3.20. The molecule has 0 aliphatic carbocycles. The largest absolute Gasteiger partial charge is 0.365 e. The Kier molecular flexibility index (Phi) is 5.03. The summed E-state index contributed by atoms with van der Waals surface area (Å²) in [5.41, 5.74) is 3.74. The lowest BCUT2D eigenvalue weighted by molar-refractivity contribution is 0.328. The van der Waals surface area contributed by atoms with Crippen LogP contribution in [0, 0.1) is 6.92 Å². The molecule has 1 saturated heterocycles. The SMILES string of the molecule is C=CCc1cnc(N[C@@H]2CCN(Cc3ccccc3C)C2)cn1. The summed E-state index contributed by atoms with van der Waals surface area (Å²) >= 11 is 0. The molecular weight excluding hydrogens is 284 g/mol. The van der Waals surface area contributed by atoms with Crippen LogP contribution in [0.25, 0.3) is 0 Å². The first-order chi connectivity index (χ1) is 11.2. The summed E-state index contributed by atoms with van der Waals surface area (Å²) in [4.78, 5) is 11.3. The number of rotatable bonds is 6. The molecule has 4 heteroatoms. The van der Waals surface area contributed by atoms with Gasteiger partial charge in [0, 0.05) is 32.1 Å².